The maximum atomic E-state index is 12.6. The number of hydrazine groups is 1. The number of unbranched alkanes of at least 4 members (excludes halogenated alkanes) is 1. The average molecular weight is 447 g/mol. The van der Waals surface area contributed by atoms with Gasteiger partial charge in [0.25, 0.3) is 11.8 Å². The summed E-state index contributed by atoms with van der Waals surface area (Å²) in [6.45, 7) is 2.56. The minimum Gasteiger partial charge on any atom is -0.493 e. The number of methoxy groups -OCH3 is 1. The molecule has 0 atom stereocenters. The van der Waals surface area contributed by atoms with Crippen LogP contribution in [-0.4, -0.2) is 54.5 Å². The topological polar surface area (TPSA) is 126 Å². The predicted molar refractivity (Wildman–Crippen MR) is 115 cm³/mol. The number of hydrogen-bond acceptors (Lipinski definition) is 6. The Kier molecular flexibility index (Phi) is 7.55. The van der Waals surface area contributed by atoms with Crippen molar-refractivity contribution in [2.24, 2.45) is 0 Å². The van der Waals surface area contributed by atoms with Gasteiger partial charge < -0.3 is 14.8 Å². The van der Waals surface area contributed by atoms with Crippen LogP contribution in [0, 0.1) is 0 Å². The van der Waals surface area contributed by atoms with Gasteiger partial charge in [-0.15, -0.1) is 0 Å². The number of nitrogens with one attached hydrogen (secondary N) is 3. The maximum absolute atomic E-state index is 12.6. The summed E-state index contributed by atoms with van der Waals surface area (Å²) >= 11 is 0. The Morgan fingerprint density at radius 3 is 2.59 bits per heavy atom. The summed E-state index contributed by atoms with van der Waals surface area (Å²) in [6.07, 6.45) is 4.82. The van der Waals surface area contributed by atoms with Crippen LogP contribution in [0.15, 0.2) is 18.2 Å². The minimum absolute atomic E-state index is 0.0499. The molecule has 1 aliphatic carbocycles. The van der Waals surface area contributed by atoms with Gasteiger partial charge in [0.1, 0.15) is 5.54 Å². The number of ether oxygens (including phenoxy) is 2. The minimum atomic E-state index is -0.798. The third-order valence-corrected chi connectivity index (χ3v) is 5.76. The molecule has 1 saturated carbocycles. The average Bonchev–Trinajstić information content (AvgIpc) is 3.35. The molecule has 1 aliphatic heterocycles. The summed E-state index contributed by atoms with van der Waals surface area (Å²) in [5.41, 5.74) is 4.12. The van der Waals surface area contributed by atoms with Crippen LogP contribution >= 0.6 is 0 Å². The number of imide groups is 1. The van der Waals surface area contributed by atoms with Crippen LogP contribution in [0.5, 0.6) is 11.5 Å². The van der Waals surface area contributed by atoms with E-state index in [1.54, 1.807) is 12.1 Å². The summed E-state index contributed by atoms with van der Waals surface area (Å²) < 4.78 is 10.9. The fraction of sp³-hybridized carbons (Fsp3) is 0.545. The second-order valence-electron chi connectivity index (χ2n) is 8.00. The first kappa shape index (κ1) is 23.4. The lowest BCUT2D eigenvalue weighted by Gasteiger charge is -2.19. The highest BCUT2D eigenvalue weighted by Crippen LogP contribution is 2.35. The van der Waals surface area contributed by atoms with Crippen LogP contribution in [0.2, 0.25) is 0 Å². The molecule has 32 heavy (non-hydrogen) atoms. The van der Waals surface area contributed by atoms with Crippen LogP contribution in [0.4, 0.5) is 4.79 Å². The van der Waals surface area contributed by atoms with Crippen molar-refractivity contribution in [1.82, 2.24) is 21.1 Å². The number of carbonyl (C=O) groups excluding carboxylic acids is 4. The van der Waals surface area contributed by atoms with Crippen molar-refractivity contribution in [3.05, 3.63) is 23.8 Å². The molecule has 1 heterocycles. The van der Waals surface area contributed by atoms with Gasteiger partial charge in [-0.3, -0.25) is 30.1 Å². The zero-order valence-electron chi connectivity index (χ0n) is 18.5. The third-order valence-electron chi connectivity index (χ3n) is 5.76. The van der Waals surface area contributed by atoms with E-state index >= 15 is 0 Å². The van der Waals surface area contributed by atoms with Gasteiger partial charge in [0.2, 0.25) is 5.91 Å². The maximum Gasteiger partial charge on any atom is 0.325 e. The number of benzene rings is 1. The van der Waals surface area contributed by atoms with E-state index in [0.29, 0.717) is 30.9 Å². The van der Waals surface area contributed by atoms with Gasteiger partial charge >= 0.3 is 6.03 Å². The summed E-state index contributed by atoms with van der Waals surface area (Å²) in [5, 5.41) is 2.77. The molecule has 1 aromatic rings. The number of nitrogens with zero attached hydrogens (tertiary/aromatic N) is 1. The van der Waals surface area contributed by atoms with E-state index in [0.717, 1.165) is 30.6 Å². The monoisotopic (exact) mass is 446 g/mol. The van der Waals surface area contributed by atoms with E-state index in [-0.39, 0.29) is 24.4 Å². The van der Waals surface area contributed by atoms with Crippen LogP contribution in [0.1, 0.15) is 62.2 Å². The van der Waals surface area contributed by atoms with Gasteiger partial charge in [-0.1, -0.05) is 26.2 Å². The molecule has 0 radical (unpaired) electrons. The van der Waals surface area contributed by atoms with Gasteiger partial charge in [-0.2, -0.15) is 0 Å². The summed E-state index contributed by atoms with van der Waals surface area (Å²) in [7, 11) is 1.48. The molecule has 3 rings (SSSR count). The Bertz CT molecular complexity index is 881. The number of amides is 5. The first-order chi connectivity index (χ1) is 15.4. The lowest BCUT2D eigenvalue weighted by Crippen LogP contribution is -2.45. The smallest absolute Gasteiger partial charge is 0.325 e. The second kappa shape index (κ2) is 10.3. The SMILES string of the molecule is CCCCOc1ccc(C(=O)NNC(=O)CCN2C(=O)NC3(CCCC3)C2=O)cc1OC. The quantitative estimate of drug-likeness (QED) is 0.302. The Labute approximate surface area is 187 Å². The Hall–Kier alpha value is -3.30. The zero-order valence-corrected chi connectivity index (χ0v) is 18.5. The number of carbonyl (C=O) groups is 4. The Balaban J connectivity index is 1.48. The molecule has 10 nitrogen and oxygen atoms in total. The number of hydrogen-bond donors (Lipinski definition) is 3. The number of urea groups is 1. The first-order valence-electron chi connectivity index (χ1n) is 10.9. The molecule has 0 unspecified atom stereocenters. The fourth-order valence-electron chi connectivity index (χ4n) is 3.93. The Morgan fingerprint density at radius 1 is 1.16 bits per heavy atom. The van der Waals surface area contributed by atoms with Crippen LogP contribution in [-0.2, 0) is 9.59 Å². The van der Waals surface area contributed by atoms with Gasteiger partial charge in [0.05, 0.1) is 13.7 Å². The predicted octanol–water partition coefficient (Wildman–Crippen LogP) is 1.89. The molecule has 1 aromatic carbocycles. The molecular weight excluding hydrogens is 416 g/mol. The molecule has 2 aliphatic rings. The van der Waals surface area contributed by atoms with E-state index in [1.165, 1.54) is 13.2 Å². The lowest BCUT2D eigenvalue weighted by molar-refractivity contribution is -0.131. The van der Waals surface area contributed by atoms with Crippen LogP contribution in [0.25, 0.3) is 0 Å². The number of rotatable bonds is 9. The second-order valence-corrected chi connectivity index (χ2v) is 8.00. The van der Waals surface area contributed by atoms with E-state index in [4.69, 9.17) is 9.47 Å². The summed E-state index contributed by atoms with van der Waals surface area (Å²) in [4.78, 5) is 50.3. The molecule has 1 saturated heterocycles. The summed E-state index contributed by atoms with van der Waals surface area (Å²) in [6, 6.07) is 4.26. The third kappa shape index (κ3) is 5.12. The van der Waals surface area contributed by atoms with E-state index in [1.807, 2.05) is 0 Å². The van der Waals surface area contributed by atoms with Crippen LogP contribution < -0.4 is 25.6 Å². The van der Waals surface area contributed by atoms with Gasteiger partial charge in [-0.05, 0) is 37.5 Å². The van der Waals surface area contributed by atoms with Gasteiger partial charge in [0.15, 0.2) is 11.5 Å². The van der Waals surface area contributed by atoms with Crippen molar-refractivity contribution in [2.75, 3.05) is 20.3 Å². The van der Waals surface area contributed by atoms with Crippen molar-refractivity contribution in [3.8, 4) is 11.5 Å². The summed E-state index contributed by atoms with van der Waals surface area (Å²) in [5.74, 6) is -0.366. The van der Waals surface area contributed by atoms with E-state index in [2.05, 4.69) is 23.1 Å². The normalized spacial score (nSPS) is 16.8. The molecule has 0 bridgehead atoms. The zero-order chi connectivity index (χ0) is 23.1. The van der Waals surface area contributed by atoms with Crippen LogP contribution in [0.3, 0.4) is 0 Å². The molecular formula is C22H30N4O6. The highest BCUT2D eigenvalue weighted by molar-refractivity contribution is 6.07. The largest absolute Gasteiger partial charge is 0.493 e. The van der Waals surface area contributed by atoms with Crippen molar-refractivity contribution in [2.45, 2.75) is 57.4 Å². The molecule has 1 spiro atoms. The lowest BCUT2D eigenvalue weighted by atomic mass is 9.98. The van der Waals surface area contributed by atoms with Crippen molar-refractivity contribution < 1.29 is 28.7 Å². The molecule has 10 heteroatoms. The highest BCUT2D eigenvalue weighted by atomic mass is 16.5. The van der Waals surface area contributed by atoms with Crippen molar-refractivity contribution >= 4 is 23.8 Å². The molecule has 2 fully saturated rings. The van der Waals surface area contributed by atoms with Gasteiger partial charge in [0, 0.05) is 18.5 Å². The molecule has 174 valence electrons. The molecule has 3 N–H and O–H groups in total. The Morgan fingerprint density at radius 2 is 1.91 bits per heavy atom. The molecule has 5 amide bonds. The molecule has 0 aromatic heterocycles. The van der Waals surface area contributed by atoms with Crippen molar-refractivity contribution in [1.29, 1.82) is 0 Å². The van der Waals surface area contributed by atoms with E-state index in [9.17, 15) is 19.2 Å². The standard InChI is InChI=1S/C22H30N4O6/c1-3-4-13-32-16-8-7-15(14-17(16)31-2)19(28)25-24-18(27)9-12-26-20(29)22(23-21(26)30)10-5-6-11-22/h7-8,14H,3-6,9-13H2,1-2H3,(H,23,30)(H,24,27)(H,25,28). The fourth-order valence-corrected chi connectivity index (χ4v) is 3.93. The first-order valence-corrected chi connectivity index (χ1v) is 10.9. The highest BCUT2D eigenvalue weighted by Gasteiger charge is 2.52. The van der Waals surface area contributed by atoms with E-state index < -0.39 is 23.4 Å². The van der Waals surface area contributed by atoms with Crippen molar-refractivity contribution in [3.63, 3.8) is 0 Å². The van der Waals surface area contributed by atoms with Gasteiger partial charge in [-0.25, -0.2) is 4.79 Å².